The van der Waals surface area contributed by atoms with Crippen LogP contribution in [-0.2, 0) is 0 Å². The molecule has 0 bridgehead atoms. The number of benzene rings is 1. The fourth-order valence-electron chi connectivity index (χ4n) is 1.91. The topological polar surface area (TPSA) is 32.3 Å². The van der Waals surface area contributed by atoms with E-state index in [9.17, 15) is 4.39 Å². The summed E-state index contributed by atoms with van der Waals surface area (Å²) in [5.41, 5.74) is 1.68. The fourth-order valence-corrected chi connectivity index (χ4v) is 1.91. The van der Waals surface area contributed by atoms with E-state index >= 15 is 0 Å². The highest BCUT2D eigenvalue weighted by molar-refractivity contribution is 5.25. The van der Waals surface area contributed by atoms with Crippen LogP contribution in [0.1, 0.15) is 49.8 Å². The minimum Gasteiger partial charge on any atom is -0.396 e. The van der Waals surface area contributed by atoms with Gasteiger partial charge in [0.25, 0.3) is 0 Å². The van der Waals surface area contributed by atoms with Crippen molar-refractivity contribution in [3.63, 3.8) is 0 Å². The van der Waals surface area contributed by atoms with Crippen molar-refractivity contribution in [2.24, 2.45) is 0 Å². The zero-order chi connectivity index (χ0) is 13.4. The molecule has 0 amide bonds. The molecule has 2 nitrogen and oxygen atoms in total. The predicted molar refractivity (Wildman–Crippen MR) is 73.1 cm³/mol. The van der Waals surface area contributed by atoms with E-state index in [1.807, 2.05) is 12.1 Å². The van der Waals surface area contributed by atoms with Gasteiger partial charge < -0.3 is 10.4 Å². The summed E-state index contributed by atoms with van der Waals surface area (Å²) in [7, 11) is 0. The lowest BCUT2D eigenvalue weighted by Crippen LogP contribution is -2.20. The lowest BCUT2D eigenvalue weighted by molar-refractivity contribution is 0.282. The van der Waals surface area contributed by atoms with E-state index in [1.165, 1.54) is 0 Å². The summed E-state index contributed by atoms with van der Waals surface area (Å²) in [4.78, 5) is 0. The summed E-state index contributed by atoms with van der Waals surface area (Å²) in [5, 5.41) is 12.1. The van der Waals surface area contributed by atoms with Gasteiger partial charge in [0.2, 0.25) is 0 Å². The minimum atomic E-state index is -0.135. The molecule has 1 rings (SSSR count). The van der Waals surface area contributed by atoms with Gasteiger partial charge in [-0.05, 0) is 50.4 Å². The maximum absolute atomic E-state index is 13.4. The first-order valence-electron chi connectivity index (χ1n) is 6.75. The molecule has 0 aliphatic rings. The van der Waals surface area contributed by atoms with Gasteiger partial charge in [0.05, 0.1) is 0 Å². The molecule has 18 heavy (non-hydrogen) atoms. The maximum atomic E-state index is 13.4. The molecule has 0 aliphatic heterocycles. The Bertz CT molecular complexity index is 354. The van der Waals surface area contributed by atoms with Crippen molar-refractivity contribution < 1.29 is 9.50 Å². The second kappa shape index (κ2) is 8.22. The molecule has 1 aromatic carbocycles. The Kier molecular flexibility index (Phi) is 6.91. The van der Waals surface area contributed by atoms with Crippen molar-refractivity contribution >= 4 is 0 Å². The van der Waals surface area contributed by atoms with E-state index in [0.29, 0.717) is 5.56 Å². The third-order valence-corrected chi connectivity index (χ3v) is 3.23. The number of aryl methyl sites for hydroxylation is 1. The van der Waals surface area contributed by atoms with Crippen molar-refractivity contribution in [3.8, 4) is 0 Å². The summed E-state index contributed by atoms with van der Waals surface area (Å²) in [6.45, 7) is 5.05. The van der Waals surface area contributed by atoms with Gasteiger partial charge >= 0.3 is 0 Å². The zero-order valence-corrected chi connectivity index (χ0v) is 11.4. The molecule has 0 spiro atoms. The molecule has 0 aliphatic carbocycles. The van der Waals surface area contributed by atoms with E-state index in [1.54, 1.807) is 13.0 Å². The van der Waals surface area contributed by atoms with E-state index in [4.69, 9.17) is 5.11 Å². The Labute approximate surface area is 109 Å². The molecule has 0 radical (unpaired) electrons. The molecule has 0 saturated carbocycles. The van der Waals surface area contributed by atoms with Crippen LogP contribution in [0.2, 0.25) is 0 Å². The van der Waals surface area contributed by atoms with E-state index in [-0.39, 0.29) is 18.5 Å². The Morgan fingerprint density at radius 2 is 1.94 bits per heavy atom. The number of aliphatic hydroxyl groups is 1. The van der Waals surface area contributed by atoms with Crippen LogP contribution in [0.4, 0.5) is 4.39 Å². The van der Waals surface area contributed by atoms with Crippen molar-refractivity contribution in [1.82, 2.24) is 5.32 Å². The quantitative estimate of drug-likeness (QED) is 0.696. The van der Waals surface area contributed by atoms with Crippen LogP contribution in [0.5, 0.6) is 0 Å². The van der Waals surface area contributed by atoms with Crippen LogP contribution < -0.4 is 5.32 Å². The summed E-state index contributed by atoms with van der Waals surface area (Å²) < 4.78 is 13.4. The Morgan fingerprint density at radius 3 is 2.61 bits per heavy atom. The number of aliphatic hydroxyl groups excluding tert-OH is 1. The highest BCUT2D eigenvalue weighted by Crippen LogP contribution is 2.16. The number of rotatable bonds is 8. The number of hydrogen-bond acceptors (Lipinski definition) is 2. The first-order valence-corrected chi connectivity index (χ1v) is 6.75. The lowest BCUT2D eigenvalue weighted by atomic mass is 10.1. The molecular formula is C15H24FNO. The third-order valence-electron chi connectivity index (χ3n) is 3.23. The molecule has 0 heterocycles. The Morgan fingerprint density at radius 1 is 1.22 bits per heavy atom. The number of unbranched alkanes of at least 4 members (excludes halogenated alkanes) is 3. The summed E-state index contributed by atoms with van der Waals surface area (Å²) in [5.74, 6) is -0.135. The third kappa shape index (κ3) is 5.15. The molecule has 0 fully saturated rings. The van der Waals surface area contributed by atoms with Gasteiger partial charge in [0.15, 0.2) is 0 Å². The lowest BCUT2D eigenvalue weighted by Gasteiger charge is -2.14. The first-order chi connectivity index (χ1) is 8.65. The Hall–Kier alpha value is -0.930. The van der Waals surface area contributed by atoms with Gasteiger partial charge in [-0.1, -0.05) is 25.0 Å². The molecule has 102 valence electrons. The molecule has 1 aromatic rings. The molecule has 0 aromatic heterocycles. The Balaban J connectivity index is 2.27. The van der Waals surface area contributed by atoms with Crippen LogP contribution in [-0.4, -0.2) is 18.3 Å². The van der Waals surface area contributed by atoms with E-state index < -0.39 is 0 Å². The van der Waals surface area contributed by atoms with Gasteiger partial charge in [-0.3, -0.25) is 0 Å². The fraction of sp³-hybridized carbons (Fsp3) is 0.600. The zero-order valence-electron chi connectivity index (χ0n) is 11.4. The molecule has 0 saturated heterocycles. The van der Waals surface area contributed by atoms with Gasteiger partial charge in [0, 0.05) is 12.6 Å². The van der Waals surface area contributed by atoms with Crippen LogP contribution in [0.15, 0.2) is 18.2 Å². The van der Waals surface area contributed by atoms with Gasteiger partial charge in [0.1, 0.15) is 5.82 Å². The number of hydrogen-bond donors (Lipinski definition) is 2. The molecule has 2 N–H and O–H groups in total. The predicted octanol–water partition coefficient (Wildman–Crippen LogP) is 3.34. The largest absolute Gasteiger partial charge is 0.396 e. The molecule has 1 unspecified atom stereocenters. The number of halogens is 1. The summed E-state index contributed by atoms with van der Waals surface area (Å²) in [6.07, 6.45) is 4.19. The van der Waals surface area contributed by atoms with Crippen LogP contribution in [0.25, 0.3) is 0 Å². The van der Waals surface area contributed by atoms with Crippen molar-refractivity contribution in [2.45, 2.75) is 45.6 Å². The minimum absolute atomic E-state index is 0.135. The average Bonchev–Trinajstić information content (AvgIpc) is 2.36. The van der Waals surface area contributed by atoms with E-state index in [2.05, 4.69) is 12.2 Å². The normalized spacial score (nSPS) is 12.7. The van der Waals surface area contributed by atoms with Crippen LogP contribution in [0, 0.1) is 12.7 Å². The summed E-state index contributed by atoms with van der Waals surface area (Å²) >= 11 is 0. The first kappa shape index (κ1) is 15.1. The molecular weight excluding hydrogens is 229 g/mol. The van der Waals surface area contributed by atoms with Gasteiger partial charge in [-0.15, -0.1) is 0 Å². The SMILES string of the molecule is Cc1ccc(C(C)NCCCCCCO)cc1F. The highest BCUT2D eigenvalue weighted by atomic mass is 19.1. The molecule has 3 heteroatoms. The summed E-state index contributed by atoms with van der Waals surface area (Å²) in [6, 6.07) is 5.59. The van der Waals surface area contributed by atoms with Crippen molar-refractivity contribution in [1.29, 1.82) is 0 Å². The van der Waals surface area contributed by atoms with Gasteiger partial charge in [-0.25, -0.2) is 4.39 Å². The average molecular weight is 253 g/mol. The van der Waals surface area contributed by atoms with Crippen molar-refractivity contribution in [2.75, 3.05) is 13.2 Å². The van der Waals surface area contributed by atoms with Gasteiger partial charge in [-0.2, -0.15) is 0 Å². The smallest absolute Gasteiger partial charge is 0.126 e. The second-order valence-corrected chi connectivity index (χ2v) is 4.82. The van der Waals surface area contributed by atoms with Crippen molar-refractivity contribution in [3.05, 3.63) is 35.1 Å². The van der Waals surface area contributed by atoms with Crippen LogP contribution in [0.3, 0.4) is 0 Å². The second-order valence-electron chi connectivity index (χ2n) is 4.82. The van der Waals surface area contributed by atoms with E-state index in [0.717, 1.165) is 37.8 Å². The van der Waals surface area contributed by atoms with Crippen LogP contribution >= 0.6 is 0 Å². The number of nitrogens with one attached hydrogen (secondary N) is 1. The molecule has 1 atom stereocenters. The standard InChI is InChI=1S/C15H24FNO/c1-12-7-8-14(11-15(12)16)13(2)17-9-5-3-4-6-10-18/h7-8,11,13,17-18H,3-6,9-10H2,1-2H3. The highest BCUT2D eigenvalue weighted by Gasteiger charge is 2.06. The monoisotopic (exact) mass is 253 g/mol. The maximum Gasteiger partial charge on any atom is 0.126 e.